The van der Waals surface area contributed by atoms with Crippen molar-refractivity contribution in [1.82, 2.24) is 58.9 Å². The molecule has 12 rings (SSSR count). The summed E-state index contributed by atoms with van der Waals surface area (Å²) in [5, 5.41) is 0. The highest BCUT2D eigenvalue weighted by atomic mass is 32.1. The molecule has 4 unspecified atom stereocenters. The molecule has 0 spiro atoms. The van der Waals surface area contributed by atoms with Crippen molar-refractivity contribution in [2.24, 2.45) is 0 Å². The molecule has 4 aliphatic heterocycles. The molecule has 2 aromatic carbocycles. The van der Waals surface area contributed by atoms with Crippen LogP contribution in [0.1, 0.15) is 85.7 Å². The van der Waals surface area contributed by atoms with E-state index < -0.39 is 0 Å². The molecule has 4 fully saturated rings. The highest BCUT2D eigenvalue weighted by Gasteiger charge is 2.35. The molecule has 64 heavy (non-hydrogen) atoms. The number of aromatic nitrogens is 8. The van der Waals surface area contributed by atoms with Crippen LogP contribution in [-0.4, -0.2) is 139 Å². The van der Waals surface area contributed by atoms with Crippen molar-refractivity contribution in [2.75, 3.05) is 90.3 Å². The highest BCUT2D eigenvalue weighted by molar-refractivity contribution is 7.16. The standard InChI is InChI=1S/C25H31N7.C24H29N7S/c1-29-14-16-32(17-15-29)20-8-3-6-18-23(20)28-25(27-18)22-9-4-7-19(30(22)2)24-21-10-5-12-31(21)13-11-26-24;1-29-11-13-31(14-12-29)18-7-3-5-16-21(18)28-24(27-16)19-8-4-6-17(30(19)2)22-23-20(9-10-25-22)32-15-26-23/h3,5-6,8,10-13,19,22H,4,7,9,14-17H2,1-2H3,(H,27,28);3,5,7,9-10,15,17,19H,4,6,8,11-14H2,1-2H3,(H,27,28). The van der Waals surface area contributed by atoms with Crippen molar-refractivity contribution in [2.45, 2.75) is 62.7 Å². The summed E-state index contributed by atoms with van der Waals surface area (Å²) >= 11 is 1.69. The Bertz CT molecular complexity index is 2670. The number of hydrogen-bond donors (Lipinski definition) is 2. The summed E-state index contributed by atoms with van der Waals surface area (Å²) in [5.74, 6) is 2.15. The van der Waals surface area contributed by atoms with Crippen LogP contribution in [0.15, 0.2) is 84.9 Å². The van der Waals surface area contributed by atoms with Crippen molar-refractivity contribution in [3.8, 4) is 0 Å². The fourth-order valence-corrected chi connectivity index (χ4v) is 11.6. The predicted molar refractivity (Wildman–Crippen MR) is 258 cm³/mol. The molecule has 4 saturated heterocycles. The maximum atomic E-state index is 5.18. The minimum absolute atomic E-state index is 0.247. The lowest BCUT2D eigenvalue weighted by Gasteiger charge is -2.38. The highest BCUT2D eigenvalue weighted by Crippen LogP contribution is 2.43. The van der Waals surface area contributed by atoms with E-state index in [0.29, 0.717) is 0 Å². The fourth-order valence-electron chi connectivity index (χ4n) is 10.9. The number of imidazole rings is 2. The van der Waals surface area contributed by atoms with Gasteiger partial charge in [-0.2, -0.15) is 0 Å². The summed E-state index contributed by atoms with van der Waals surface area (Å²) in [6.45, 7) is 8.58. The zero-order valence-corrected chi connectivity index (χ0v) is 38.4. The van der Waals surface area contributed by atoms with Crippen LogP contribution in [0.3, 0.4) is 0 Å². The lowest BCUT2D eigenvalue weighted by Crippen LogP contribution is -2.44. The van der Waals surface area contributed by atoms with Crippen molar-refractivity contribution in [3.05, 3.63) is 108 Å². The topological polar surface area (TPSA) is 120 Å². The molecule has 10 heterocycles. The monoisotopic (exact) mass is 876 g/mol. The average molecular weight is 877 g/mol. The Morgan fingerprint density at radius 1 is 0.531 bits per heavy atom. The van der Waals surface area contributed by atoms with Gasteiger partial charge in [0.25, 0.3) is 0 Å². The molecule has 6 aromatic heterocycles. The maximum absolute atomic E-state index is 5.18. The van der Waals surface area contributed by atoms with Gasteiger partial charge in [-0.1, -0.05) is 12.1 Å². The summed E-state index contributed by atoms with van der Waals surface area (Å²) in [6.07, 6.45) is 14.7. The number of anilines is 2. The minimum atomic E-state index is 0.247. The third-order valence-electron chi connectivity index (χ3n) is 14.6. The Balaban J connectivity index is 0.000000143. The van der Waals surface area contributed by atoms with Crippen LogP contribution < -0.4 is 9.80 Å². The molecule has 332 valence electrons. The van der Waals surface area contributed by atoms with Crippen LogP contribution in [-0.2, 0) is 0 Å². The second-order valence-corrected chi connectivity index (χ2v) is 19.3. The first kappa shape index (κ1) is 41.3. The van der Waals surface area contributed by atoms with E-state index in [9.17, 15) is 0 Å². The molecule has 15 heteroatoms. The number of aromatic amines is 2. The molecular weight excluding hydrogens is 817 g/mol. The maximum Gasteiger partial charge on any atom is 0.124 e. The van der Waals surface area contributed by atoms with E-state index in [-0.39, 0.29) is 24.2 Å². The average Bonchev–Trinajstić information content (AvgIpc) is 4.16. The SMILES string of the molecule is CN1CCN(c2cccc3[nH]c(C4CCCC(c5nccc6scnc56)N4C)nc23)CC1.CN1CCN(c2cccc3[nH]c(C4CCCC(c5nccn6cccc56)N4C)nc23)CC1. The Morgan fingerprint density at radius 2 is 1.08 bits per heavy atom. The van der Waals surface area contributed by atoms with Gasteiger partial charge in [0, 0.05) is 77.1 Å². The number of rotatable bonds is 6. The molecule has 0 saturated carbocycles. The summed E-state index contributed by atoms with van der Waals surface area (Å²) < 4.78 is 3.38. The molecule has 2 N–H and O–H groups in total. The molecule has 0 bridgehead atoms. The number of H-pyrrole nitrogens is 2. The van der Waals surface area contributed by atoms with Gasteiger partial charge >= 0.3 is 0 Å². The zero-order chi connectivity index (χ0) is 43.3. The second kappa shape index (κ2) is 17.5. The number of piperidine rings is 2. The second-order valence-electron chi connectivity index (χ2n) is 18.4. The first-order valence-electron chi connectivity index (χ1n) is 23.3. The summed E-state index contributed by atoms with van der Waals surface area (Å²) in [5.41, 5.74) is 13.4. The lowest BCUT2D eigenvalue weighted by atomic mass is 9.93. The number of nitrogens with zero attached hydrogens (tertiary/aromatic N) is 12. The molecule has 0 radical (unpaired) electrons. The van der Waals surface area contributed by atoms with Crippen LogP contribution >= 0.6 is 11.3 Å². The molecule has 4 atom stereocenters. The third kappa shape index (κ3) is 7.70. The summed E-state index contributed by atoms with van der Waals surface area (Å²) in [6, 6.07) is 20.5. The van der Waals surface area contributed by atoms with Gasteiger partial charge in [0.1, 0.15) is 28.2 Å². The number of benzene rings is 2. The van der Waals surface area contributed by atoms with Gasteiger partial charge in [-0.3, -0.25) is 19.8 Å². The Hall–Kier alpha value is -5.45. The van der Waals surface area contributed by atoms with E-state index in [1.165, 1.54) is 33.7 Å². The Morgan fingerprint density at radius 3 is 1.67 bits per heavy atom. The van der Waals surface area contributed by atoms with Crippen LogP contribution in [0.25, 0.3) is 37.8 Å². The van der Waals surface area contributed by atoms with Gasteiger partial charge in [-0.25, -0.2) is 15.0 Å². The number of fused-ring (bicyclic) bond motifs is 4. The van der Waals surface area contributed by atoms with Crippen molar-refractivity contribution in [3.63, 3.8) is 0 Å². The zero-order valence-electron chi connectivity index (χ0n) is 37.6. The largest absolute Gasteiger partial charge is 0.367 e. The van der Waals surface area contributed by atoms with Crippen LogP contribution in [0.4, 0.5) is 11.4 Å². The first-order chi connectivity index (χ1) is 31.4. The van der Waals surface area contributed by atoms with Gasteiger partial charge in [-0.15, -0.1) is 11.3 Å². The Kier molecular flexibility index (Phi) is 11.3. The third-order valence-corrected chi connectivity index (χ3v) is 15.4. The molecule has 14 nitrogen and oxygen atoms in total. The number of likely N-dealkylation sites (tertiary alicyclic amines) is 2. The quantitative estimate of drug-likeness (QED) is 0.169. The molecule has 0 amide bonds. The van der Waals surface area contributed by atoms with Gasteiger partial charge in [0.05, 0.1) is 73.7 Å². The van der Waals surface area contributed by atoms with E-state index in [4.69, 9.17) is 19.9 Å². The normalized spacial score (nSPS) is 23.4. The van der Waals surface area contributed by atoms with Gasteiger partial charge in [-0.05, 0) is 109 Å². The number of likely N-dealkylation sites (N-methyl/N-ethyl adjacent to an activating group) is 2. The van der Waals surface area contributed by atoms with E-state index in [0.717, 1.165) is 129 Å². The van der Waals surface area contributed by atoms with Crippen molar-refractivity contribution < 1.29 is 0 Å². The van der Waals surface area contributed by atoms with Gasteiger partial charge < -0.3 is 34.0 Å². The van der Waals surface area contributed by atoms with Crippen LogP contribution in [0, 0.1) is 0 Å². The minimum Gasteiger partial charge on any atom is -0.367 e. The summed E-state index contributed by atoms with van der Waals surface area (Å²) in [4.78, 5) is 46.6. The number of hydrogen-bond acceptors (Lipinski definition) is 12. The van der Waals surface area contributed by atoms with Crippen LogP contribution in [0.5, 0.6) is 0 Å². The number of nitrogens with one attached hydrogen (secondary N) is 2. The van der Waals surface area contributed by atoms with E-state index in [2.05, 4.69) is 138 Å². The first-order valence-corrected chi connectivity index (χ1v) is 24.1. The molecule has 4 aliphatic rings. The molecule has 0 aliphatic carbocycles. The molecular formula is C49H60N14S. The van der Waals surface area contributed by atoms with E-state index >= 15 is 0 Å². The van der Waals surface area contributed by atoms with E-state index in [1.807, 2.05) is 24.1 Å². The Labute approximate surface area is 378 Å². The smallest absolute Gasteiger partial charge is 0.124 e. The number of para-hydroxylation sites is 2. The van der Waals surface area contributed by atoms with Crippen LogP contribution in [0.2, 0.25) is 0 Å². The molecule has 8 aromatic rings. The number of piperazine rings is 2. The summed E-state index contributed by atoms with van der Waals surface area (Å²) in [7, 11) is 8.84. The van der Waals surface area contributed by atoms with Crippen molar-refractivity contribution in [1.29, 1.82) is 0 Å². The predicted octanol–water partition coefficient (Wildman–Crippen LogP) is 8.08. The number of pyridine rings is 1. The lowest BCUT2D eigenvalue weighted by molar-refractivity contribution is 0.108. The fraction of sp³-hybridized carbons (Fsp3) is 0.449. The van der Waals surface area contributed by atoms with Gasteiger partial charge in [0.15, 0.2) is 0 Å². The van der Waals surface area contributed by atoms with E-state index in [1.54, 1.807) is 11.3 Å². The van der Waals surface area contributed by atoms with Crippen molar-refractivity contribution >= 4 is 60.5 Å². The number of thiazole rings is 1. The van der Waals surface area contributed by atoms with Gasteiger partial charge in [0.2, 0.25) is 0 Å².